The number of hydrogen-bond acceptors (Lipinski definition) is 5. The normalized spacial score (nSPS) is 10.3. The fraction of sp³-hybridized carbons (Fsp3) is 0.0909. The molecule has 3 N–H and O–H groups in total. The summed E-state index contributed by atoms with van der Waals surface area (Å²) in [5.74, 6) is 4.61. The Labute approximate surface area is 115 Å². The van der Waals surface area contributed by atoms with Crippen molar-refractivity contribution in [1.29, 1.82) is 0 Å². The van der Waals surface area contributed by atoms with E-state index < -0.39 is 11.7 Å². The van der Waals surface area contributed by atoms with Crippen LogP contribution in [0.5, 0.6) is 5.75 Å². The smallest absolute Gasteiger partial charge is 0.287 e. The van der Waals surface area contributed by atoms with Gasteiger partial charge in [0.05, 0.1) is 4.47 Å². The first-order chi connectivity index (χ1) is 9.10. The van der Waals surface area contributed by atoms with Gasteiger partial charge >= 0.3 is 0 Å². The van der Waals surface area contributed by atoms with Gasteiger partial charge in [-0.2, -0.15) is 0 Å². The van der Waals surface area contributed by atoms with Crippen LogP contribution in [-0.4, -0.2) is 11.1 Å². The molecule has 0 saturated heterocycles. The van der Waals surface area contributed by atoms with E-state index in [-0.39, 0.29) is 12.3 Å². The number of nitrogens with two attached hydrogens (primary N) is 1. The number of hydrazine groups is 1. The summed E-state index contributed by atoms with van der Waals surface area (Å²) in [6.45, 7) is 0.0198. The van der Waals surface area contributed by atoms with Crippen LogP contribution < -0.4 is 16.0 Å². The Morgan fingerprint density at radius 2 is 2.32 bits per heavy atom. The molecule has 0 atom stereocenters. The second kappa shape index (κ2) is 5.81. The zero-order valence-electron chi connectivity index (χ0n) is 9.52. The molecule has 0 spiro atoms. The summed E-state index contributed by atoms with van der Waals surface area (Å²) in [6, 6.07) is 5.74. The van der Waals surface area contributed by atoms with E-state index in [0.717, 1.165) is 0 Å². The highest BCUT2D eigenvalue weighted by Crippen LogP contribution is 2.21. The van der Waals surface area contributed by atoms with Gasteiger partial charge in [0.15, 0.2) is 11.5 Å². The van der Waals surface area contributed by atoms with Crippen LogP contribution in [0.25, 0.3) is 0 Å². The molecule has 1 aromatic carbocycles. The molecule has 0 radical (unpaired) electrons. The number of nitrogens with zero attached hydrogens (tertiary/aromatic N) is 1. The van der Waals surface area contributed by atoms with E-state index in [4.69, 9.17) is 15.1 Å². The second-order valence-corrected chi connectivity index (χ2v) is 4.37. The zero-order valence-corrected chi connectivity index (χ0v) is 11.1. The van der Waals surface area contributed by atoms with Crippen molar-refractivity contribution in [3.8, 4) is 5.75 Å². The number of amides is 1. The molecule has 0 fully saturated rings. The van der Waals surface area contributed by atoms with Gasteiger partial charge in [-0.05, 0) is 28.1 Å². The number of carbonyl (C=O) groups is 1. The van der Waals surface area contributed by atoms with Crippen molar-refractivity contribution >= 4 is 21.8 Å². The molecule has 0 aliphatic rings. The third-order valence-electron chi connectivity index (χ3n) is 2.19. The van der Waals surface area contributed by atoms with Gasteiger partial charge in [-0.3, -0.25) is 10.2 Å². The summed E-state index contributed by atoms with van der Waals surface area (Å²) in [5, 5.41) is 3.50. The molecule has 0 bridgehead atoms. The van der Waals surface area contributed by atoms with E-state index in [1.807, 2.05) is 5.43 Å². The average molecular weight is 330 g/mol. The predicted octanol–water partition coefficient (Wildman–Crippen LogP) is 1.76. The molecule has 0 aliphatic carbocycles. The molecule has 8 heteroatoms. The molecule has 0 saturated carbocycles. The van der Waals surface area contributed by atoms with E-state index in [1.54, 1.807) is 6.07 Å². The number of nitrogens with one attached hydrogen (secondary N) is 1. The van der Waals surface area contributed by atoms with Gasteiger partial charge in [-0.15, -0.1) is 0 Å². The molecule has 2 rings (SSSR count). The minimum Gasteiger partial charge on any atom is -0.485 e. The Morgan fingerprint density at radius 3 is 3.00 bits per heavy atom. The predicted molar refractivity (Wildman–Crippen MR) is 66.6 cm³/mol. The van der Waals surface area contributed by atoms with Gasteiger partial charge in [0.1, 0.15) is 18.2 Å². The van der Waals surface area contributed by atoms with Gasteiger partial charge in [-0.25, -0.2) is 10.2 Å². The van der Waals surface area contributed by atoms with Crippen molar-refractivity contribution < 1.29 is 18.4 Å². The molecule has 2 aromatic rings. The SMILES string of the molecule is NNC(=O)c1cc(COc2ccc(Br)c(F)c2)on1. The lowest BCUT2D eigenvalue weighted by Gasteiger charge is -2.03. The van der Waals surface area contributed by atoms with Gasteiger partial charge in [0.25, 0.3) is 5.91 Å². The van der Waals surface area contributed by atoms with Crippen LogP contribution in [0.4, 0.5) is 4.39 Å². The number of carbonyl (C=O) groups excluding carboxylic acids is 1. The first-order valence-corrected chi connectivity index (χ1v) is 5.94. The lowest BCUT2D eigenvalue weighted by molar-refractivity contribution is 0.0944. The van der Waals surface area contributed by atoms with Crippen molar-refractivity contribution in [2.75, 3.05) is 0 Å². The largest absolute Gasteiger partial charge is 0.485 e. The fourth-order valence-corrected chi connectivity index (χ4v) is 1.53. The van der Waals surface area contributed by atoms with E-state index in [0.29, 0.717) is 16.0 Å². The average Bonchev–Trinajstić information content (AvgIpc) is 2.88. The van der Waals surface area contributed by atoms with Crippen molar-refractivity contribution in [3.05, 3.63) is 46.0 Å². The lowest BCUT2D eigenvalue weighted by atomic mass is 10.3. The summed E-state index contributed by atoms with van der Waals surface area (Å²) in [6.07, 6.45) is 0. The van der Waals surface area contributed by atoms with Crippen molar-refractivity contribution in [2.45, 2.75) is 6.61 Å². The molecule has 1 heterocycles. The van der Waals surface area contributed by atoms with Crippen molar-refractivity contribution in [1.82, 2.24) is 10.6 Å². The van der Waals surface area contributed by atoms with Crippen LogP contribution in [0.3, 0.4) is 0 Å². The molecule has 6 nitrogen and oxygen atoms in total. The molecule has 19 heavy (non-hydrogen) atoms. The Bertz CT molecular complexity index is 603. The summed E-state index contributed by atoms with van der Waals surface area (Å²) in [7, 11) is 0. The van der Waals surface area contributed by atoms with Gasteiger partial charge in [-0.1, -0.05) is 5.16 Å². The molecule has 0 unspecified atom stereocenters. The maximum absolute atomic E-state index is 13.2. The zero-order chi connectivity index (χ0) is 13.8. The highest BCUT2D eigenvalue weighted by molar-refractivity contribution is 9.10. The molecular weight excluding hydrogens is 321 g/mol. The van der Waals surface area contributed by atoms with Gasteiger partial charge in [0.2, 0.25) is 0 Å². The maximum Gasteiger partial charge on any atom is 0.287 e. The highest BCUT2D eigenvalue weighted by atomic mass is 79.9. The summed E-state index contributed by atoms with van der Waals surface area (Å²) in [4.78, 5) is 11.1. The summed E-state index contributed by atoms with van der Waals surface area (Å²) in [5.41, 5.74) is 1.97. The standard InChI is InChI=1S/C11H9BrFN3O3/c12-8-2-1-6(3-9(8)13)18-5-7-4-10(16-19-7)11(17)15-14/h1-4H,5,14H2,(H,15,17). The van der Waals surface area contributed by atoms with Crippen LogP contribution in [-0.2, 0) is 6.61 Å². The van der Waals surface area contributed by atoms with Gasteiger partial charge < -0.3 is 9.26 Å². The number of halogens is 2. The quantitative estimate of drug-likeness (QED) is 0.506. The molecule has 1 amide bonds. The first kappa shape index (κ1) is 13.5. The number of rotatable bonds is 4. The third kappa shape index (κ3) is 3.30. The Morgan fingerprint density at radius 1 is 1.53 bits per heavy atom. The number of ether oxygens (including phenoxy) is 1. The Hall–Kier alpha value is -1.93. The van der Waals surface area contributed by atoms with E-state index in [2.05, 4.69) is 21.1 Å². The number of aromatic nitrogens is 1. The summed E-state index contributed by atoms with van der Waals surface area (Å²) >= 11 is 3.04. The van der Waals surface area contributed by atoms with Crippen LogP contribution in [0.2, 0.25) is 0 Å². The highest BCUT2D eigenvalue weighted by Gasteiger charge is 2.11. The maximum atomic E-state index is 13.2. The van der Waals surface area contributed by atoms with Crippen LogP contribution >= 0.6 is 15.9 Å². The second-order valence-electron chi connectivity index (χ2n) is 3.52. The minimum absolute atomic E-state index is 0.0198. The monoisotopic (exact) mass is 329 g/mol. The van der Waals surface area contributed by atoms with Gasteiger partial charge in [0, 0.05) is 12.1 Å². The molecular formula is C11H9BrFN3O3. The lowest BCUT2D eigenvalue weighted by Crippen LogP contribution is -2.30. The van der Waals surface area contributed by atoms with E-state index >= 15 is 0 Å². The third-order valence-corrected chi connectivity index (χ3v) is 2.84. The first-order valence-electron chi connectivity index (χ1n) is 5.14. The molecule has 1 aromatic heterocycles. The summed E-state index contributed by atoms with van der Waals surface area (Å²) < 4.78 is 23.7. The van der Waals surface area contributed by atoms with Crippen molar-refractivity contribution in [2.24, 2.45) is 5.84 Å². The van der Waals surface area contributed by atoms with E-state index in [1.165, 1.54) is 18.2 Å². The fourth-order valence-electron chi connectivity index (χ4n) is 1.28. The number of hydrogen-bond donors (Lipinski definition) is 2. The van der Waals surface area contributed by atoms with Crippen LogP contribution in [0.15, 0.2) is 33.3 Å². The topological polar surface area (TPSA) is 90.4 Å². The molecule has 100 valence electrons. The van der Waals surface area contributed by atoms with Crippen LogP contribution in [0, 0.1) is 5.82 Å². The Balaban J connectivity index is 2.00. The number of nitrogen functional groups attached to an aromatic ring is 1. The van der Waals surface area contributed by atoms with Crippen molar-refractivity contribution in [3.63, 3.8) is 0 Å². The molecule has 0 aliphatic heterocycles. The van der Waals surface area contributed by atoms with Crippen LogP contribution in [0.1, 0.15) is 16.2 Å². The van der Waals surface area contributed by atoms with E-state index in [9.17, 15) is 9.18 Å². The minimum atomic E-state index is -0.565. The number of benzene rings is 1. The Kier molecular flexibility index (Phi) is 4.13.